The van der Waals surface area contributed by atoms with E-state index in [0.717, 1.165) is 5.69 Å². The molecule has 1 atom stereocenters. The molecule has 2 aromatic rings. The first kappa shape index (κ1) is 15.3. The Morgan fingerprint density at radius 3 is 3.00 bits per heavy atom. The van der Waals surface area contributed by atoms with E-state index in [2.05, 4.69) is 20.4 Å². The number of nitrogens with zero attached hydrogens (tertiary/aromatic N) is 6. The third-order valence-corrected chi connectivity index (χ3v) is 3.62. The van der Waals surface area contributed by atoms with Crippen molar-refractivity contribution in [3.63, 3.8) is 0 Å². The summed E-state index contributed by atoms with van der Waals surface area (Å²) in [7, 11) is 3.21. The summed E-state index contributed by atoms with van der Waals surface area (Å²) in [6.45, 7) is 3.12. The lowest BCUT2D eigenvalue weighted by atomic mass is 10.1. The van der Waals surface area contributed by atoms with Gasteiger partial charge in [-0.15, -0.1) is 10.2 Å². The molecule has 2 aromatic heterocycles. The summed E-state index contributed by atoms with van der Waals surface area (Å²) in [6.07, 6.45) is 1.18. The normalized spacial score (nSPS) is 18.0. The van der Waals surface area contributed by atoms with Gasteiger partial charge in [0.2, 0.25) is 5.82 Å². The smallest absolute Gasteiger partial charge is 0.257 e. The van der Waals surface area contributed by atoms with Gasteiger partial charge in [0.15, 0.2) is 0 Å². The van der Waals surface area contributed by atoms with Crippen LogP contribution in [0.15, 0.2) is 12.3 Å². The van der Waals surface area contributed by atoms with E-state index in [1.807, 2.05) is 6.92 Å². The molecule has 23 heavy (non-hydrogen) atoms. The van der Waals surface area contributed by atoms with Crippen LogP contribution in [-0.2, 0) is 11.8 Å². The number of pyridine rings is 1. The van der Waals surface area contributed by atoms with Crippen LogP contribution in [-0.4, -0.2) is 62.8 Å². The predicted octanol–water partition coefficient (Wildman–Crippen LogP) is 0.136. The first-order chi connectivity index (χ1) is 11.1. The molecule has 0 bridgehead atoms. The second-order valence-electron chi connectivity index (χ2n) is 5.27. The Kier molecular flexibility index (Phi) is 4.20. The fourth-order valence-corrected chi connectivity index (χ4v) is 2.46. The van der Waals surface area contributed by atoms with Gasteiger partial charge in [-0.3, -0.25) is 9.78 Å². The molecular weight excluding hydrogens is 300 g/mol. The molecule has 9 heteroatoms. The van der Waals surface area contributed by atoms with Gasteiger partial charge in [-0.05, 0) is 18.2 Å². The average molecular weight is 318 g/mol. The van der Waals surface area contributed by atoms with Crippen molar-refractivity contribution in [2.45, 2.75) is 13.0 Å². The van der Waals surface area contributed by atoms with E-state index in [1.54, 1.807) is 24.2 Å². The summed E-state index contributed by atoms with van der Waals surface area (Å²) < 4.78 is 10.9. The maximum absolute atomic E-state index is 12.8. The van der Waals surface area contributed by atoms with Crippen molar-refractivity contribution in [1.29, 1.82) is 0 Å². The SMILES string of the molecule is COc1cnc(C)cc1C(=O)N1CCOC(c2nnn(C)n2)C1. The number of aromatic nitrogens is 5. The molecule has 0 spiro atoms. The summed E-state index contributed by atoms with van der Waals surface area (Å²) in [5, 5.41) is 11.9. The average Bonchev–Trinajstić information content (AvgIpc) is 3.01. The number of hydrogen-bond acceptors (Lipinski definition) is 7. The lowest BCUT2D eigenvalue weighted by molar-refractivity contribution is -0.0270. The van der Waals surface area contributed by atoms with Crippen LogP contribution < -0.4 is 4.74 Å². The Bertz CT molecular complexity index is 716. The lowest BCUT2D eigenvalue weighted by Gasteiger charge is -2.31. The molecule has 3 heterocycles. The zero-order valence-corrected chi connectivity index (χ0v) is 13.3. The molecule has 0 saturated carbocycles. The van der Waals surface area contributed by atoms with E-state index in [4.69, 9.17) is 9.47 Å². The molecule has 1 aliphatic heterocycles. The molecule has 0 aliphatic carbocycles. The van der Waals surface area contributed by atoms with Gasteiger partial charge in [0.05, 0.1) is 39.1 Å². The van der Waals surface area contributed by atoms with Crippen molar-refractivity contribution in [2.24, 2.45) is 7.05 Å². The molecule has 3 rings (SSSR count). The van der Waals surface area contributed by atoms with Crippen molar-refractivity contribution in [3.05, 3.63) is 29.3 Å². The second kappa shape index (κ2) is 6.29. The molecule has 1 unspecified atom stereocenters. The second-order valence-corrected chi connectivity index (χ2v) is 5.27. The minimum Gasteiger partial charge on any atom is -0.494 e. The number of carbonyl (C=O) groups excluding carboxylic acids is 1. The highest BCUT2D eigenvalue weighted by molar-refractivity contribution is 5.97. The highest BCUT2D eigenvalue weighted by Gasteiger charge is 2.30. The molecule has 122 valence electrons. The fourth-order valence-electron chi connectivity index (χ4n) is 2.46. The zero-order valence-electron chi connectivity index (χ0n) is 13.3. The van der Waals surface area contributed by atoms with Gasteiger partial charge in [-0.25, -0.2) is 0 Å². The van der Waals surface area contributed by atoms with Crippen LogP contribution in [0.1, 0.15) is 28.0 Å². The molecule has 1 saturated heterocycles. The molecule has 0 aromatic carbocycles. The molecule has 9 nitrogen and oxygen atoms in total. The third-order valence-electron chi connectivity index (χ3n) is 3.62. The summed E-state index contributed by atoms with van der Waals surface area (Å²) in [6, 6.07) is 1.73. The molecular formula is C14H18N6O3. The van der Waals surface area contributed by atoms with Gasteiger partial charge in [0, 0.05) is 12.2 Å². The number of morpholine rings is 1. The van der Waals surface area contributed by atoms with Crippen LogP contribution in [0.2, 0.25) is 0 Å². The number of carbonyl (C=O) groups is 1. The minimum atomic E-state index is -0.379. The standard InChI is InChI=1S/C14H18N6O3/c1-9-6-10(11(22-3)7-15-9)14(21)20-4-5-23-12(8-20)13-16-18-19(2)17-13/h6-7,12H,4-5,8H2,1-3H3. The first-order valence-corrected chi connectivity index (χ1v) is 7.24. The Balaban J connectivity index is 1.81. The van der Waals surface area contributed by atoms with Crippen LogP contribution in [0.3, 0.4) is 0 Å². The summed E-state index contributed by atoms with van der Waals surface area (Å²) >= 11 is 0. The number of tetrazole rings is 1. The van der Waals surface area contributed by atoms with Crippen molar-refractivity contribution in [1.82, 2.24) is 30.1 Å². The highest BCUT2D eigenvalue weighted by Crippen LogP contribution is 2.24. The molecule has 1 fully saturated rings. The predicted molar refractivity (Wildman–Crippen MR) is 78.9 cm³/mol. The van der Waals surface area contributed by atoms with Gasteiger partial charge < -0.3 is 14.4 Å². The monoisotopic (exact) mass is 318 g/mol. The quantitative estimate of drug-likeness (QED) is 0.794. The largest absolute Gasteiger partial charge is 0.494 e. The summed E-state index contributed by atoms with van der Waals surface area (Å²) in [4.78, 5) is 20.0. The first-order valence-electron chi connectivity index (χ1n) is 7.24. The molecule has 0 radical (unpaired) electrons. The van der Waals surface area contributed by atoms with E-state index in [0.29, 0.717) is 36.8 Å². The van der Waals surface area contributed by atoms with Crippen molar-refractivity contribution < 1.29 is 14.3 Å². The Hall–Kier alpha value is -2.55. The van der Waals surface area contributed by atoms with Crippen LogP contribution in [0.5, 0.6) is 5.75 Å². The number of methoxy groups -OCH3 is 1. The summed E-state index contributed by atoms with van der Waals surface area (Å²) in [5.41, 5.74) is 1.25. The van der Waals surface area contributed by atoms with Crippen LogP contribution in [0.4, 0.5) is 0 Å². The Morgan fingerprint density at radius 1 is 1.48 bits per heavy atom. The van der Waals surface area contributed by atoms with Gasteiger partial charge in [0.1, 0.15) is 11.9 Å². The van der Waals surface area contributed by atoms with Crippen LogP contribution in [0, 0.1) is 6.92 Å². The Morgan fingerprint density at radius 2 is 2.30 bits per heavy atom. The molecule has 0 N–H and O–H groups in total. The summed E-state index contributed by atoms with van der Waals surface area (Å²) in [5.74, 6) is 0.814. The number of hydrogen-bond donors (Lipinski definition) is 0. The van der Waals surface area contributed by atoms with Crippen molar-refractivity contribution in [2.75, 3.05) is 26.8 Å². The van der Waals surface area contributed by atoms with Crippen molar-refractivity contribution in [3.8, 4) is 5.75 Å². The van der Waals surface area contributed by atoms with Crippen LogP contribution in [0.25, 0.3) is 0 Å². The van der Waals surface area contributed by atoms with E-state index in [1.165, 1.54) is 11.9 Å². The van der Waals surface area contributed by atoms with E-state index >= 15 is 0 Å². The maximum Gasteiger partial charge on any atom is 0.257 e. The lowest BCUT2D eigenvalue weighted by Crippen LogP contribution is -2.42. The van der Waals surface area contributed by atoms with Crippen LogP contribution >= 0.6 is 0 Å². The molecule has 1 amide bonds. The van der Waals surface area contributed by atoms with Gasteiger partial charge in [-0.2, -0.15) is 4.80 Å². The highest BCUT2D eigenvalue weighted by atomic mass is 16.5. The molecule has 1 aliphatic rings. The maximum atomic E-state index is 12.8. The number of ether oxygens (including phenoxy) is 2. The number of rotatable bonds is 3. The van der Waals surface area contributed by atoms with E-state index in [-0.39, 0.29) is 12.0 Å². The number of aryl methyl sites for hydroxylation is 2. The fraction of sp³-hybridized carbons (Fsp3) is 0.500. The van der Waals surface area contributed by atoms with Crippen molar-refractivity contribution >= 4 is 5.91 Å². The number of amides is 1. The Labute approximate surface area is 133 Å². The van der Waals surface area contributed by atoms with E-state index in [9.17, 15) is 4.79 Å². The topological polar surface area (TPSA) is 95.3 Å². The van der Waals surface area contributed by atoms with Gasteiger partial charge in [0.25, 0.3) is 5.91 Å². The third kappa shape index (κ3) is 3.14. The minimum absolute atomic E-state index is 0.121. The zero-order chi connectivity index (χ0) is 16.4. The van der Waals surface area contributed by atoms with Gasteiger partial charge in [-0.1, -0.05) is 0 Å². The van der Waals surface area contributed by atoms with Gasteiger partial charge >= 0.3 is 0 Å². The van der Waals surface area contributed by atoms with E-state index < -0.39 is 0 Å².